The number of methoxy groups -OCH3 is 2. The highest BCUT2D eigenvalue weighted by atomic mass is 16.5. The quantitative estimate of drug-likeness (QED) is 0.542. The second kappa shape index (κ2) is 9.25. The minimum atomic E-state index is -0.138. The number of nitrogens with zero attached hydrogens (tertiary/aromatic N) is 4. The Bertz CT molecular complexity index is 769. The normalized spacial score (nSPS) is 12.0. The van der Waals surface area contributed by atoms with Crippen LogP contribution in [-0.2, 0) is 19.0 Å². The molecule has 2 N–H and O–H groups in total. The first kappa shape index (κ1) is 20.5. The first-order valence-electron chi connectivity index (χ1n) is 8.98. The van der Waals surface area contributed by atoms with Gasteiger partial charge in [-0.1, -0.05) is 19.9 Å². The predicted molar refractivity (Wildman–Crippen MR) is 106 cm³/mol. The highest BCUT2D eigenvalue weighted by Gasteiger charge is 2.22. The van der Waals surface area contributed by atoms with E-state index < -0.39 is 0 Å². The maximum Gasteiger partial charge on any atom is 0.191 e. The summed E-state index contributed by atoms with van der Waals surface area (Å²) in [5, 5.41) is 10.8. The van der Waals surface area contributed by atoms with Crippen LogP contribution in [0.4, 0.5) is 0 Å². The van der Waals surface area contributed by atoms with Gasteiger partial charge in [0, 0.05) is 25.6 Å². The molecule has 0 saturated heterocycles. The number of rotatable bonds is 8. The lowest BCUT2D eigenvalue weighted by Gasteiger charge is -2.27. The molecule has 8 nitrogen and oxygen atoms in total. The number of hydrogen-bond donors (Lipinski definition) is 2. The molecular formula is C19H30N6O2. The largest absolute Gasteiger partial charge is 0.493 e. The van der Waals surface area contributed by atoms with Crippen molar-refractivity contribution in [1.29, 1.82) is 0 Å². The van der Waals surface area contributed by atoms with Crippen molar-refractivity contribution in [3.05, 3.63) is 35.9 Å². The van der Waals surface area contributed by atoms with E-state index in [1.807, 2.05) is 26.1 Å². The molecule has 0 aliphatic carbocycles. The first-order chi connectivity index (χ1) is 12.9. The van der Waals surface area contributed by atoms with Crippen molar-refractivity contribution in [1.82, 2.24) is 25.4 Å². The Kier molecular flexibility index (Phi) is 7.04. The first-order valence-corrected chi connectivity index (χ1v) is 8.98. The van der Waals surface area contributed by atoms with E-state index in [0.717, 1.165) is 35.4 Å². The van der Waals surface area contributed by atoms with Gasteiger partial charge in [-0.15, -0.1) is 0 Å². The van der Waals surface area contributed by atoms with Crippen LogP contribution in [0.5, 0.6) is 11.5 Å². The molecule has 0 amide bonds. The van der Waals surface area contributed by atoms with Crippen LogP contribution in [0, 0.1) is 0 Å². The van der Waals surface area contributed by atoms with Gasteiger partial charge in [-0.25, -0.2) is 9.98 Å². The number of ether oxygens (including phenoxy) is 2. The summed E-state index contributed by atoms with van der Waals surface area (Å²) in [6, 6.07) is 6.01. The maximum absolute atomic E-state index is 5.43. The molecule has 2 aromatic rings. The van der Waals surface area contributed by atoms with Crippen molar-refractivity contribution >= 4 is 5.96 Å². The van der Waals surface area contributed by atoms with Crippen molar-refractivity contribution < 1.29 is 9.47 Å². The minimum absolute atomic E-state index is 0.138. The highest BCUT2D eigenvalue weighted by molar-refractivity contribution is 5.79. The summed E-state index contributed by atoms with van der Waals surface area (Å²) < 4.78 is 12.5. The summed E-state index contributed by atoms with van der Waals surface area (Å²) in [6.45, 7) is 8.33. The van der Waals surface area contributed by atoms with E-state index in [-0.39, 0.29) is 5.41 Å². The van der Waals surface area contributed by atoms with E-state index in [1.165, 1.54) is 6.33 Å². The molecule has 8 heteroatoms. The van der Waals surface area contributed by atoms with Gasteiger partial charge in [0.2, 0.25) is 0 Å². The summed E-state index contributed by atoms with van der Waals surface area (Å²) in [4.78, 5) is 8.80. The standard InChI is InChI=1S/C19H30N6O2/c1-7-20-18(21-11-17-23-13-24-25(17)4)22-12-19(2,3)14-8-9-15(26-5)16(10-14)27-6/h8-10,13H,7,11-12H2,1-6H3,(H2,20,21,22). The third kappa shape index (κ3) is 5.35. The van der Waals surface area contributed by atoms with Gasteiger partial charge in [0.25, 0.3) is 0 Å². The monoisotopic (exact) mass is 374 g/mol. The van der Waals surface area contributed by atoms with Crippen molar-refractivity contribution in [3.63, 3.8) is 0 Å². The molecule has 0 spiro atoms. The Hall–Kier alpha value is -2.77. The number of aromatic nitrogens is 3. The second-order valence-electron chi connectivity index (χ2n) is 6.80. The zero-order valence-electron chi connectivity index (χ0n) is 17.0. The predicted octanol–water partition coefficient (Wildman–Crippen LogP) is 1.87. The van der Waals surface area contributed by atoms with Gasteiger partial charge in [-0.2, -0.15) is 5.10 Å². The Balaban J connectivity index is 2.09. The number of benzene rings is 1. The number of aliphatic imine (C=N–C) groups is 1. The fourth-order valence-electron chi connectivity index (χ4n) is 2.62. The van der Waals surface area contributed by atoms with Crippen LogP contribution in [-0.4, -0.2) is 48.0 Å². The fourth-order valence-corrected chi connectivity index (χ4v) is 2.62. The van der Waals surface area contributed by atoms with E-state index in [9.17, 15) is 0 Å². The van der Waals surface area contributed by atoms with E-state index >= 15 is 0 Å². The van der Waals surface area contributed by atoms with Crippen molar-refractivity contribution in [2.75, 3.05) is 27.3 Å². The van der Waals surface area contributed by atoms with Crippen LogP contribution in [0.1, 0.15) is 32.2 Å². The minimum Gasteiger partial charge on any atom is -0.493 e. The molecule has 0 bridgehead atoms. The molecule has 0 aliphatic heterocycles. The number of hydrogen-bond acceptors (Lipinski definition) is 5. The topological polar surface area (TPSA) is 85.6 Å². The molecule has 0 saturated carbocycles. The van der Waals surface area contributed by atoms with Gasteiger partial charge in [0.05, 0.1) is 14.2 Å². The molecule has 1 aromatic carbocycles. The SMILES string of the molecule is CCNC(=NCc1ncnn1C)NCC(C)(C)c1ccc(OC)c(OC)c1. The Morgan fingerprint density at radius 1 is 1.19 bits per heavy atom. The van der Waals surface area contributed by atoms with Crippen LogP contribution in [0.25, 0.3) is 0 Å². The third-order valence-electron chi connectivity index (χ3n) is 4.39. The molecule has 2 rings (SSSR count). The molecule has 0 fully saturated rings. The molecular weight excluding hydrogens is 344 g/mol. The Labute approximate surface area is 161 Å². The van der Waals surface area contributed by atoms with Gasteiger partial charge >= 0.3 is 0 Å². The summed E-state index contributed by atoms with van der Waals surface area (Å²) in [5.74, 6) is 3.01. The van der Waals surface area contributed by atoms with Crippen molar-refractivity contribution in [3.8, 4) is 11.5 Å². The lowest BCUT2D eigenvalue weighted by atomic mass is 9.84. The van der Waals surface area contributed by atoms with Gasteiger partial charge in [0.1, 0.15) is 18.7 Å². The van der Waals surface area contributed by atoms with Crippen molar-refractivity contribution in [2.24, 2.45) is 12.0 Å². The molecule has 1 heterocycles. The molecule has 0 atom stereocenters. The summed E-state index contributed by atoms with van der Waals surface area (Å²) in [6.07, 6.45) is 1.53. The van der Waals surface area contributed by atoms with Gasteiger partial charge in [0.15, 0.2) is 17.5 Å². The number of aryl methyl sites for hydroxylation is 1. The van der Waals surface area contributed by atoms with Crippen LogP contribution in [0.2, 0.25) is 0 Å². The molecule has 1 aromatic heterocycles. The van der Waals surface area contributed by atoms with E-state index in [4.69, 9.17) is 9.47 Å². The number of guanidine groups is 1. The molecule has 148 valence electrons. The van der Waals surface area contributed by atoms with Crippen LogP contribution < -0.4 is 20.1 Å². The molecule has 0 aliphatic rings. The maximum atomic E-state index is 5.43. The zero-order chi connectivity index (χ0) is 19.9. The van der Waals surface area contributed by atoms with Crippen LogP contribution in [0.15, 0.2) is 29.5 Å². The van der Waals surface area contributed by atoms with E-state index in [0.29, 0.717) is 13.1 Å². The van der Waals surface area contributed by atoms with E-state index in [1.54, 1.807) is 18.9 Å². The van der Waals surface area contributed by atoms with Gasteiger partial charge in [-0.05, 0) is 24.6 Å². The molecule has 27 heavy (non-hydrogen) atoms. The zero-order valence-corrected chi connectivity index (χ0v) is 17.0. The van der Waals surface area contributed by atoms with Crippen molar-refractivity contribution in [2.45, 2.75) is 32.7 Å². The van der Waals surface area contributed by atoms with E-state index in [2.05, 4.69) is 45.6 Å². The highest BCUT2D eigenvalue weighted by Crippen LogP contribution is 2.32. The Morgan fingerprint density at radius 2 is 1.93 bits per heavy atom. The van der Waals surface area contributed by atoms with Crippen LogP contribution in [0.3, 0.4) is 0 Å². The lowest BCUT2D eigenvalue weighted by molar-refractivity contribution is 0.353. The Morgan fingerprint density at radius 3 is 2.52 bits per heavy atom. The lowest BCUT2D eigenvalue weighted by Crippen LogP contribution is -2.43. The smallest absolute Gasteiger partial charge is 0.191 e. The second-order valence-corrected chi connectivity index (χ2v) is 6.80. The van der Waals surface area contributed by atoms with Crippen LogP contribution >= 0.6 is 0 Å². The third-order valence-corrected chi connectivity index (χ3v) is 4.39. The average Bonchev–Trinajstić information content (AvgIpc) is 3.08. The van der Waals surface area contributed by atoms with Gasteiger partial charge < -0.3 is 20.1 Å². The fraction of sp³-hybridized carbons (Fsp3) is 0.526. The number of nitrogens with one attached hydrogen (secondary N) is 2. The molecule has 0 unspecified atom stereocenters. The van der Waals surface area contributed by atoms with Gasteiger partial charge in [-0.3, -0.25) is 4.68 Å². The summed E-state index contributed by atoms with van der Waals surface area (Å²) in [5.41, 5.74) is 1.01. The summed E-state index contributed by atoms with van der Waals surface area (Å²) in [7, 11) is 5.15. The molecule has 0 radical (unpaired) electrons. The average molecular weight is 374 g/mol. The summed E-state index contributed by atoms with van der Waals surface area (Å²) >= 11 is 0.